The maximum atomic E-state index is 11.5. The minimum Gasteiger partial charge on any atom is -0.464 e. The molecule has 0 unspecified atom stereocenters. The molecule has 0 aliphatic heterocycles. The van der Waals surface area contributed by atoms with Crippen molar-refractivity contribution in [2.45, 2.75) is 31.2 Å². The van der Waals surface area contributed by atoms with Gasteiger partial charge in [-0.2, -0.15) is 0 Å². The van der Waals surface area contributed by atoms with Gasteiger partial charge in [0.2, 0.25) is 0 Å². The van der Waals surface area contributed by atoms with Crippen LogP contribution in [0.3, 0.4) is 0 Å². The van der Waals surface area contributed by atoms with Crippen LogP contribution in [0.4, 0.5) is 0 Å². The van der Waals surface area contributed by atoms with E-state index in [9.17, 15) is 4.79 Å². The minimum atomic E-state index is -0.934. The summed E-state index contributed by atoms with van der Waals surface area (Å²) in [6, 6.07) is 9.91. The molecule has 0 saturated heterocycles. The summed E-state index contributed by atoms with van der Waals surface area (Å²) in [5.74, 6) is -0.352. The summed E-state index contributed by atoms with van der Waals surface area (Å²) < 4.78 is 5.13. The molecule has 3 nitrogen and oxygen atoms in total. The number of esters is 1. The van der Waals surface area contributed by atoms with Crippen LogP contribution in [0.2, 0.25) is 0 Å². The first-order chi connectivity index (χ1) is 7.71. The maximum Gasteiger partial charge on any atom is 0.327 e. The normalized spacial score (nSPS) is 17.6. The third kappa shape index (κ3) is 2.42. The Hall–Kier alpha value is -1.35. The molecule has 1 N–H and O–H groups in total. The van der Waals surface area contributed by atoms with Crippen molar-refractivity contribution >= 4 is 5.97 Å². The predicted octanol–water partition coefficient (Wildman–Crippen LogP) is 1.98. The Morgan fingerprint density at radius 3 is 2.56 bits per heavy atom. The lowest BCUT2D eigenvalue weighted by Crippen LogP contribution is -2.48. The highest BCUT2D eigenvalue weighted by Gasteiger charge is 2.42. The molecule has 1 aliphatic carbocycles. The fourth-order valence-corrected chi connectivity index (χ4v) is 1.78. The van der Waals surface area contributed by atoms with Gasteiger partial charge in [0.25, 0.3) is 0 Å². The summed E-state index contributed by atoms with van der Waals surface area (Å²) in [5, 5.41) is 0. The quantitative estimate of drug-likeness (QED) is 0.725. The molecular weight excluding hydrogens is 202 g/mol. The van der Waals surface area contributed by atoms with E-state index in [0.717, 1.165) is 18.4 Å². The Morgan fingerprint density at radius 1 is 1.31 bits per heavy atom. The van der Waals surface area contributed by atoms with Crippen molar-refractivity contribution in [3.63, 3.8) is 0 Å². The zero-order chi connectivity index (χ0) is 11.4. The number of ether oxygens (including phenoxy) is 1. The van der Waals surface area contributed by atoms with Crippen LogP contribution in [0, 0.1) is 0 Å². The molecule has 3 heteroatoms. The zero-order valence-corrected chi connectivity index (χ0v) is 9.24. The van der Waals surface area contributed by atoms with Gasteiger partial charge in [-0.3, -0.25) is 0 Å². The molecule has 85 valence electrons. The van der Waals surface area contributed by atoms with Gasteiger partial charge >= 0.3 is 5.97 Å². The van der Waals surface area contributed by atoms with Gasteiger partial charge in [0, 0.05) is 6.42 Å². The summed E-state index contributed by atoms with van der Waals surface area (Å²) in [6.07, 6.45) is 2.99. The number of carbonyl (C=O) groups is 1. The molecule has 0 bridgehead atoms. The van der Waals surface area contributed by atoms with Crippen LogP contribution in [-0.2, 0) is 16.0 Å². The van der Waals surface area contributed by atoms with Crippen LogP contribution < -0.4 is 5.73 Å². The third-order valence-electron chi connectivity index (χ3n) is 3.06. The summed E-state index contributed by atoms with van der Waals surface area (Å²) in [6.45, 7) is 0.378. The van der Waals surface area contributed by atoms with Gasteiger partial charge in [0.05, 0.1) is 6.61 Å². The monoisotopic (exact) mass is 218 g/mol. The number of hydrogen-bond acceptors (Lipinski definition) is 2. The molecular formula is C13H16NO2. The van der Waals surface area contributed by atoms with Gasteiger partial charge in [-0.15, -0.1) is 0 Å². The van der Waals surface area contributed by atoms with E-state index >= 15 is 0 Å². The molecule has 2 rings (SSSR count). The van der Waals surface area contributed by atoms with Crippen molar-refractivity contribution in [3.05, 3.63) is 35.9 Å². The highest BCUT2D eigenvalue weighted by atomic mass is 16.5. The van der Waals surface area contributed by atoms with E-state index in [0.29, 0.717) is 19.4 Å². The first-order valence-corrected chi connectivity index (χ1v) is 5.67. The Labute approximate surface area is 95.6 Å². The average molecular weight is 218 g/mol. The van der Waals surface area contributed by atoms with Crippen LogP contribution in [0.1, 0.15) is 24.8 Å². The highest BCUT2D eigenvalue weighted by molar-refractivity contribution is 5.81. The van der Waals surface area contributed by atoms with Crippen LogP contribution in [0.15, 0.2) is 30.3 Å². The van der Waals surface area contributed by atoms with Crippen molar-refractivity contribution in [2.75, 3.05) is 6.61 Å². The van der Waals surface area contributed by atoms with Crippen LogP contribution >= 0.6 is 0 Å². The number of hydrogen-bond donors (Lipinski definition) is 0. The predicted molar refractivity (Wildman–Crippen MR) is 60.8 cm³/mol. The van der Waals surface area contributed by atoms with E-state index in [1.807, 2.05) is 30.3 Å². The average Bonchev–Trinajstić information content (AvgIpc) is 2.27. The zero-order valence-electron chi connectivity index (χ0n) is 9.24. The molecule has 1 aromatic carbocycles. The molecule has 1 saturated carbocycles. The largest absolute Gasteiger partial charge is 0.464 e. The lowest BCUT2D eigenvalue weighted by Gasteiger charge is -2.33. The molecule has 0 aromatic heterocycles. The van der Waals surface area contributed by atoms with Gasteiger partial charge in [-0.25, -0.2) is 10.5 Å². The second-order valence-corrected chi connectivity index (χ2v) is 4.31. The van der Waals surface area contributed by atoms with Crippen molar-refractivity contribution in [1.82, 2.24) is 5.73 Å². The van der Waals surface area contributed by atoms with Crippen LogP contribution in [-0.4, -0.2) is 18.1 Å². The number of benzene rings is 1. The van der Waals surface area contributed by atoms with E-state index in [4.69, 9.17) is 10.5 Å². The van der Waals surface area contributed by atoms with E-state index in [-0.39, 0.29) is 5.97 Å². The SMILES string of the molecule is [NH]C1(C(=O)OCCc2ccccc2)CCC1. The summed E-state index contributed by atoms with van der Waals surface area (Å²) in [7, 11) is 0. The Bertz CT molecular complexity index is 357. The van der Waals surface area contributed by atoms with E-state index < -0.39 is 5.54 Å². The van der Waals surface area contributed by atoms with Crippen molar-refractivity contribution in [3.8, 4) is 0 Å². The second kappa shape index (κ2) is 4.66. The molecule has 1 aliphatic rings. The van der Waals surface area contributed by atoms with Gasteiger partial charge in [-0.1, -0.05) is 30.3 Å². The van der Waals surface area contributed by atoms with Crippen molar-refractivity contribution in [1.29, 1.82) is 0 Å². The van der Waals surface area contributed by atoms with Crippen LogP contribution in [0.5, 0.6) is 0 Å². The first kappa shape index (κ1) is 11.1. The molecule has 1 aromatic rings. The molecule has 1 radical (unpaired) electrons. The Balaban J connectivity index is 1.74. The summed E-state index contributed by atoms with van der Waals surface area (Å²) in [4.78, 5) is 11.5. The molecule has 0 heterocycles. The fourth-order valence-electron chi connectivity index (χ4n) is 1.78. The van der Waals surface area contributed by atoms with Crippen LogP contribution in [0.25, 0.3) is 0 Å². The lowest BCUT2D eigenvalue weighted by molar-refractivity contribution is -0.153. The molecule has 1 fully saturated rings. The van der Waals surface area contributed by atoms with E-state index in [2.05, 4.69) is 0 Å². The fraction of sp³-hybridized carbons (Fsp3) is 0.462. The van der Waals surface area contributed by atoms with Gasteiger partial charge in [0.15, 0.2) is 0 Å². The lowest BCUT2D eigenvalue weighted by atomic mass is 9.78. The van der Waals surface area contributed by atoms with Gasteiger partial charge in [-0.05, 0) is 24.8 Å². The van der Waals surface area contributed by atoms with E-state index in [1.54, 1.807) is 0 Å². The molecule has 0 atom stereocenters. The van der Waals surface area contributed by atoms with E-state index in [1.165, 1.54) is 0 Å². The second-order valence-electron chi connectivity index (χ2n) is 4.31. The number of carbonyl (C=O) groups excluding carboxylic acids is 1. The summed E-state index contributed by atoms with van der Waals surface area (Å²) >= 11 is 0. The Kier molecular flexibility index (Phi) is 3.25. The first-order valence-electron chi connectivity index (χ1n) is 5.67. The van der Waals surface area contributed by atoms with Crippen molar-refractivity contribution < 1.29 is 9.53 Å². The van der Waals surface area contributed by atoms with Gasteiger partial charge in [0.1, 0.15) is 5.54 Å². The smallest absolute Gasteiger partial charge is 0.327 e. The van der Waals surface area contributed by atoms with Gasteiger partial charge < -0.3 is 4.74 Å². The number of nitrogens with one attached hydrogen (secondary N) is 1. The minimum absolute atomic E-state index is 0.352. The molecule has 0 spiro atoms. The summed E-state index contributed by atoms with van der Waals surface area (Å²) in [5.41, 5.74) is 8.00. The highest BCUT2D eigenvalue weighted by Crippen LogP contribution is 2.31. The standard InChI is InChI=1S/C13H16NO2/c14-13(8-4-9-13)12(15)16-10-7-11-5-2-1-3-6-11/h1-3,5-6,14H,4,7-10H2. The maximum absolute atomic E-state index is 11.5. The van der Waals surface area contributed by atoms with Crippen molar-refractivity contribution in [2.24, 2.45) is 0 Å². The third-order valence-corrected chi connectivity index (χ3v) is 3.06. The topological polar surface area (TPSA) is 50.1 Å². The Morgan fingerprint density at radius 2 is 2.00 bits per heavy atom. The molecule has 0 amide bonds. The molecule has 16 heavy (non-hydrogen) atoms. The number of rotatable bonds is 4.